The molecule has 3 heterocycles. The highest BCUT2D eigenvalue weighted by Gasteiger charge is 2.13. The number of hydrogen-bond donors (Lipinski definition) is 2. The molecule has 34 heavy (non-hydrogen) atoms. The molecule has 0 saturated heterocycles. The van der Waals surface area contributed by atoms with Gasteiger partial charge in [0.05, 0.1) is 48.5 Å². The summed E-state index contributed by atoms with van der Waals surface area (Å²) >= 11 is 0. The molecule has 0 fully saturated rings. The van der Waals surface area contributed by atoms with Crippen LogP contribution in [-0.2, 0) is 9.47 Å². The number of ether oxygens (including phenoxy) is 6. The van der Waals surface area contributed by atoms with Gasteiger partial charge in [-0.2, -0.15) is 0 Å². The summed E-state index contributed by atoms with van der Waals surface area (Å²) < 4.78 is 35.2. The second kappa shape index (κ2) is 10.2. The fourth-order valence-electron chi connectivity index (χ4n) is 3.79. The quantitative estimate of drug-likeness (QED) is 0.404. The maximum atomic E-state index is 5.95. The van der Waals surface area contributed by atoms with Gasteiger partial charge < -0.3 is 38.4 Å². The third-order valence-electron chi connectivity index (χ3n) is 5.27. The van der Waals surface area contributed by atoms with Crippen molar-refractivity contribution in [1.82, 2.24) is 19.9 Å². The van der Waals surface area contributed by atoms with Gasteiger partial charge in [-0.05, 0) is 13.8 Å². The predicted molar refractivity (Wildman–Crippen MR) is 125 cm³/mol. The molecule has 2 aromatic carbocycles. The van der Waals surface area contributed by atoms with Crippen LogP contribution in [0.1, 0.15) is 11.6 Å². The van der Waals surface area contributed by atoms with Crippen molar-refractivity contribution in [3.63, 3.8) is 0 Å². The zero-order valence-corrected chi connectivity index (χ0v) is 19.3. The summed E-state index contributed by atoms with van der Waals surface area (Å²) in [5.41, 5.74) is 3.43. The highest BCUT2D eigenvalue weighted by atomic mass is 16.6. The van der Waals surface area contributed by atoms with E-state index in [4.69, 9.17) is 28.4 Å². The Morgan fingerprint density at radius 3 is 1.26 bits per heavy atom. The SMILES string of the molecule is Cc1nc2cc3c(cc2[nH]1)OCCOCCOc1cc2[nH]c(C)nc2cc1OCCOCCO3. The van der Waals surface area contributed by atoms with Gasteiger partial charge in [-0.25, -0.2) is 9.97 Å². The molecule has 2 aromatic heterocycles. The Balaban J connectivity index is 1.27. The van der Waals surface area contributed by atoms with Gasteiger partial charge in [0, 0.05) is 24.3 Å². The van der Waals surface area contributed by atoms with E-state index in [1.165, 1.54) is 0 Å². The van der Waals surface area contributed by atoms with Gasteiger partial charge >= 0.3 is 0 Å². The van der Waals surface area contributed by atoms with Crippen LogP contribution < -0.4 is 18.9 Å². The average Bonchev–Trinajstić information content (AvgIpc) is 3.36. The van der Waals surface area contributed by atoms with E-state index >= 15 is 0 Å². The number of nitrogens with zero attached hydrogens (tertiary/aromatic N) is 2. The first-order valence-electron chi connectivity index (χ1n) is 11.3. The molecule has 0 bridgehead atoms. The first-order valence-corrected chi connectivity index (χ1v) is 11.3. The number of nitrogens with one attached hydrogen (secondary N) is 2. The molecular formula is C24H28N4O6. The molecule has 180 valence electrons. The van der Waals surface area contributed by atoms with Gasteiger partial charge in [-0.15, -0.1) is 0 Å². The standard InChI is InChI=1S/C24H28N4O6/c1-15-25-17-11-21-22(12-18(17)26-15)32-8-4-30-6-10-34-24-14-20-19(27-16(2)28-20)13-23(24)33-9-5-29-3-7-31-21/h11-14H,3-10H2,1-2H3,(H,25,26)(H,27,28). The lowest BCUT2D eigenvalue weighted by atomic mass is 10.2. The smallest absolute Gasteiger partial charge is 0.163 e. The second-order valence-corrected chi connectivity index (χ2v) is 7.90. The molecule has 0 amide bonds. The molecule has 0 aliphatic carbocycles. The molecule has 0 spiro atoms. The van der Waals surface area contributed by atoms with Crippen LogP contribution in [0.3, 0.4) is 0 Å². The second-order valence-electron chi connectivity index (χ2n) is 7.90. The number of aromatic nitrogens is 4. The van der Waals surface area contributed by atoms with Crippen LogP contribution in [0, 0.1) is 13.8 Å². The Kier molecular flexibility index (Phi) is 6.68. The summed E-state index contributed by atoms with van der Waals surface area (Å²) in [5.74, 6) is 4.17. The third-order valence-corrected chi connectivity index (χ3v) is 5.27. The molecule has 0 saturated carbocycles. The van der Waals surface area contributed by atoms with E-state index in [0.717, 1.165) is 33.7 Å². The van der Waals surface area contributed by atoms with Gasteiger partial charge in [-0.1, -0.05) is 0 Å². The molecule has 10 nitrogen and oxygen atoms in total. The maximum Gasteiger partial charge on any atom is 0.163 e. The third kappa shape index (κ3) is 5.18. The van der Waals surface area contributed by atoms with Crippen molar-refractivity contribution >= 4 is 22.1 Å². The van der Waals surface area contributed by atoms with Crippen LogP contribution in [0.5, 0.6) is 23.0 Å². The van der Waals surface area contributed by atoms with E-state index in [1.54, 1.807) is 0 Å². The Morgan fingerprint density at radius 1 is 0.529 bits per heavy atom. The number of fused-ring (bicyclic) bond motifs is 4. The van der Waals surface area contributed by atoms with Gasteiger partial charge in [0.25, 0.3) is 0 Å². The number of benzene rings is 2. The summed E-state index contributed by atoms with van der Waals surface area (Å²) in [6, 6.07) is 7.54. The van der Waals surface area contributed by atoms with Crippen molar-refractivity contribution in [1.29, 1.82) is 0 Å². The highest BCUT2D eigenvalue weighted by molar-refractivity contribution is 5.80. The minimum Gasteiger partial charge on any atom is -0.487 e. The fraction of sp³-hybridized carbons (Fsp3) is 0.417. The lowest BCUT2D eigenvalue weighted by Gasteiger charge is -2.15. The van der Waals surface area contributed by atoms with Crippen molar-refractivity contribution in [2.75, 3.05) is 52.9 Å². The maximum absolute atomic E-state index is 5.95. The van der Waals surface area contributed by atoms with E-state index in [-0.39, 0.29) is 0 Å². The number of rotatable bonds is 0. The highest BCUT2D eigenvalue weighted by Crippen LogP contribution is 2.33. The van der Waals surface area contributed by atoms with E-state index in [9.17, 15) is 0 Å². The molecule has 1 aliphatic heterocycles. The lowest BCUT2D eigenvalue weighted by Crippen LogP contribution is -2.15. The summed E-state index contributed by atoms with van der Waals surface area (Å²) in [4.78, 5) is 15.4. The number of hydrogen-bond acceptors (Lipinski definition) is 8. The minimum atomic E-state index is 0.370. The van der Waals surface area contributed by atoms with Crippen molar-refractivity contribution in [2.45, 2.75) is 13.8 Å². The number of imidazole rings is 2. The molecule has 10 heteroatoms. The summed E-state index contributed by atoms with van der Waals surface area (Å²) in [5, 5.41) is 0. The van der Waals surface area contributed by atoms with Crippen molar-refractivity contribution < 1.29 is 28.4 Å². The first kappa shape index (κ1) is 22.3. The molecule has 0 atom stereocenters. The fourth-order valence-corrected chi connectivity index (χ4v) is 3.79. The molecular weight excluding hydrogens is 440 g/mol. The number of aromatic amines is 2. The zero-order chi connectivity index (χ0) is 23.3. The Hall–Kier alpha value is -3.50. The monoisotopic (exact) mass is 468 g/mol. The summed E-state index contributed by atoms with van der Waals surface area (Å²) in [6.07, 6.45) is 0. The largest absolute Gasteiger partial charge is 0.487 e. The predicted octanol–water partition coefficient (Wildman–Crippen LogP) is 3.32. The molecule has 0 radical (unpaired) electrons. The Labute approximate surface area is 196 Å². The first-order chi connectivity index (χ1) is 16.7. The van der Waals surface area contributed by atoms with E-state index in [2.05, 4.69) is 19.9 Å². The molecule has 1 aliphatic rings. The Bertz CT molecular complexity index is 1080. The van der Waals surface area contributed by atoms with Crippen molar-refractivity contribution in [3.8, 4) is 23.0 Å². The van der Waals surface area contributed by atoms with Crippen LogP contribution in [0.4, 0.5) is 0 Å². The van der Waals surface area contributed by atoms with E-state index < -0.39 is 0 Å². The van der Waals surface area contributed by atoms with Gasteiger partial charge in [0.1, 0.15) is 38.1 Å². The molecule has 2 N–H and O–H groups in total. The summed E-state index contributed by atoms with van der Waals surface area (Å²) in [7, 11) is 0. The molecule has 5 rings (SSSR count). The van der Waals surface area contributed by atoms with Crippen LogP contribution in [0.25, 0.3) is 22.1 Å². The van der Waals surface area contributed by atoms with Gasteiger partial charge in [0.2, 0.25) is 0 Å². The molecule has 0 unspecified atom stereocenters. The lowest BCUT2D eigenvalue weighted by molar-refractivity contribution is 0.0641. The minimum absolute atomic E-state index is 0.370. The van der Waals surface area contributed by atoms with Crippen molar-refractivity contribution in [2.24, 2.45) is 0 Å². The van der Waals surface area contributed by atoms with Gasteiger partial charge in [0.15, 0.2) is 23.0 Å². The normalized spacial score (nSPS) is 16.3. The van der Waals surface area contributed by atoms with Gasteiger partial charge in [-0.3, -0.25) is 0 Å². The molecule has 4 aromatic rings. The number of aryl methyl sites for hydroxylation is 2. The van der Waals surface area contributed by atoms with Crippen LogP contribution in [-0.4, -0.2) is 72.8 Å². The van der Waals surface area contributed by atoms with Crippen LogP contribution >= 0.6 is 0 Å². The Morgan fingerprint density at radius 2 is 0.882 bits per heavy atom. The number of H-pyrrole nitrogens is 2. The van der Waals surface area contributed by atoms with Crippen LogP contribution in [0.15, 0.2) is 24.3 Å². The summed E-state index contributed by atoms with van der Waals surface area (Å²) in [6.45, 7) is 6.95. The van der Waals surface area contributed by atoms with Crippen molar-refractivity contribution in [3.05, 3.63) is 35.9 Å². The average molecular weight is 469 g/mol. The van der Waals surface area contributed by atoms with Crippen LogP contribution in [0.2, 0.25) is 0 Å². The zero-order valence-electron chi connectivity index (χ0n) is 19.3. The van der Waals surface area contributed by atoms with E-state index in [0.29, 0.717) is 75.9 Å². The van der Waals surface area contributed by atoms with E-state index in [1.807, 2.05) is 38.1 Å². The topological polar surface area (TPSA) is 113 Å².